The fourth-order valence-corrected chi connectivity index (χ4v) is 4.98. The average Bonchev–Trinajstić information content (AvgIpc) is 2.64. The second-order valence-electron chi connectivity index (χ2n) is 6.41. The predicted octanol–water partition coefficient (Wildman–Crippen LogP) is 1.08. The van der Waals surface area contributed by atoms with Crippen LogP contribution in [0.2, 0.25) is 0 Å². The molecule has 1 aromatic rings. The predicted molar refractivity (Wildman–Crippen MR) is 106 cm³/mol. The van der Waals surface area contributed by atoms with Crippen molar-refractivity contribution in [3.63, 3.8) is 0 Å². The molecular weight excluding hydrogens is 372 g/mol. The Balaban J connectivity index is 1.89. The summed E-state index contributed by atoms with van der Waals surface area (Å²) in [7, 11) is -2.71. The smallest absolute Gasteiger partial charge is 0.238 e. The Hall–Kier alpha value is -1.45. The number of aliphatic imine (C=N–C) groups is 1. The number of rotatable bonds is 6. The molecule has 0 heterocycles. The summed E-state index contributed by atoms with van der Waals surface area (Å²) in [5, 5.41) is 12.0. The van der Waals surface area contributed by atoms with E-state index in [1.54, 1.807) is 19.2 Å². The van der Waals surface area contributed by atoms with Crippen LogP contribution in [-0.4, -0.2) is 42.7 Å². The number of sulfonamides is 1. The van der Waals surface area contributed by atoms with Gasteiger partial charge in [0.2, 0.25) is 10.0 Å². The highest BCUT2D eigenvalue weighted by atomic mass is 32.2. The van der Waals surface area contributed by atoms with Gasteiger partial charge in [-0.15, -0.1) is 0 Å². The number of nitrogens with zero attached hydrogens (tertiary/aromatic N) is 1. The van der Waals surface area contributed by atoms with Gasteiger partial charge in [-0.3, -0.25) is 9.20 Å². The molecule has 0 aliphatic heterocycles. The molecule has 3 atom stereocenters. The molecule has 146 valence electrons. The molecular formula is C17H28N4O3S2. The van der Waals surface area contributed by atoms with E-state index in [0.29, 0.717) is 18.3 Å². The van der Waals surface area contributed by atoms with Crippen LogP contribution in [-0.2, 0) is 27.4 Å². The molecule has 1 saturated carbocycles. The van der Waals surface area contributed by atoms with Gasteiger partial charge in [0.25, 0.3) is 0 Å². The molecule has 3 unspecified atom stereocenters. The average molecular weight is 401 g/mol. The van der Waals surface area contributed by atoms with Gasteiger partial charge in [-0.2, -0.15) is 0 Å². The van der Waals surface area contributed by atoms with Crippen molar-refractivity contribution in [3.8, 4) is 0 Å². The van der Waals surface area contributed by atoms with Crippen molar-refractivity contribution in [3.05, 3.63) is 29.8 Å². The molecule has 0 saturated heterocycles. The third-order valence-electron chi connectivity index (χ3n) is 4.56. The van der Waals surface area contributed by atoms with Gasteiger partial charge in [0.05, 0.1) is 4.90 Å². The van der Waals surface area contributed by atoms with Crippen LogP contribution in [0.15, 0.2) is 34.2 Å². The maximum atomic E-state index is 12.1. The fourth-order valence-electron chi connectivity index (χ4n) is 3.12. The molecule has 1 aromatic carbocycles. The number of nitrogens with two attached hydrogens (primary N) is 1. The van der Waals surface area contributed by atoms with Gasteiger partial charge in [-0.1, -0.05) is 25.5 Å². The molecule has 9 heteroatoms. The number of nitrogens with one attached hydrogen (secondary N) is 2. The second kappa shape index (κ2) is 9.48. The number of hydrogen-bond donors (Lipinski definition) is 3. The van der Waals surface area contributed by atoms with Crippen molar-refractivity contribution in [2.45, 2.75) is 55.3 Å². The van der Waals surface area contributed by atoms with Crippen molar-refractivity contribution in [2.24, 2.45) is 10.1 Å². The van der Waals surface area contributed by atoms with Crippen LogP contribution in [0.3, 0.4) is 0 Å². The number of guanidine groups is 1. The van der Waals surface area contributed by atoms with E-state index in [2.05, 4.69) is 15.6 Å². The van der Waals surface area contributed by atoms with Gasteiger partial charge in [0, 0.05) is 41.4 Å². The summed E-state index contributed by atoms with van der Waals surface area (Å²) in [5.74, 6) is 1.40. The number of hydrogen-bond acceptors (Lipinski definition) is 4. The van der Waals surface area contributed by atoms with Gasteiger partial charge in [-0.25, -0.2) is 13.6 Å². The van der Waals surface area contributed by atoms with Crippen molar-refractivity contribution < 1.29 is 12.6 Å². The Bertz CT molecular complexity index is 748. The highest BCUT2D eigenvalue weighted by molar-refractivity contribution is 7.89. The lowest BCUT2D eigenvalue weighted by Gasteiger charge is -2.30. The Labute approximate surface area is 158 Å². The lowest BCUT2D eigenvalue weighted by atomic mass is 9.95. The van der Waals surface area contributed by atoms with Crippen molar-refractivity contribution in [2.75, 3.05) is 12.8 Å². The fraction of sp³-hybridized carbons (Fsp3) is 0.588. The summed E-state index contributed by atoms with van der Waals surface area (Å²) >= 11 is 0. The lowest BCUT2D eigenvalue weighted by molar-refractivity contribution is 0.413. The van der Waals surface area contributed by atoms with Crippen LogP contribution in [0, 0.1) is 0 Å². The molecule has 0 bridgehead atoms. The molecule has 7 nitrogen and oxygen atoms in total. The molecule has 1 fully saturated rings. The zero-order valence-corrected chi connectivity index (χ0v) is 16.9. The van der Waals surface area contributed by atoms with E-state index in [9.17, 15) is 12.6 Å². The van der Waals surface area contributed by atoms with E-state index in [0.717, 1.165) is 31.2 Å². The lowest BCUT2D eigenvalue weighted by Crippen LogP contribution is -2.46. The SMILES string of the molecule is CCS(=O)C1CCCC(NC(=NC)NCc2ccc(S(N)(=O)=O)cc2)C1. The third-order valence-corrected chi connectivity index (χ3v) is 7.23. The van der Waals surface area contributed by atoms with Crippen molar-refractivity contribution >= 4 is 26.8 Å². The van der Waals surface area contributed by atoms with E-state index >= 15 is 0 Å². The topological polar surface area (TPSA) is 114 Å². The van der Waals surface area contributed by atoms with Crippen LogP contribution in [0.5, 0.6) is 0 Å². The minimum absolute atomic E-state index is 0.0981. The van der Waals surface area contributed by atoms with Crippen LogP contribution < -0.4 is 15.8 Å². The Morgan fingerprint density at radius 2 is 2.00 bits per heavy atom. The summed E-state index contributed by atoms with van der Waals surface area (Å²) < 4.78 is 34.6. The minimum atomic E-state index is -3.67. The molecule has 1 aliphatic rings. The Morgan fingerprint density at radius 3 is 2.58 bits per heavy atom. The second-order valence-corrected chi connectivity index (χ2v) is 9.98. The van der Waals surface area contributed by atoms with Gasteiger partial charge in [0.1, 0.15) is 0 Å². The summed E-state index contributed by atoms with van der Waals surface area (Å²) in [5.41, 5.74) is 0.925. The van der Waals surface area contributed by atoms with Gasteiger partial charge in [0.15, 0.2) is 5.96 Å². The summed E-state index contributed by atoms with van der Waals surface area (Å²) in [4.78, 5) is 4.34. The number of primary sulfonamides is 1. The van der Waals surface area contributed by atoms with Crippen LogP contribution >= 0.6 is 0 Å². The van der Waals surface area contributed by atoms with E-state index in [-0.39, 0.29) is 16.2 Å². The molecule has 0 aromatic heterocycles. The van der Waals surface area contributed by atoms with E-state index in [4.69, 9.17) is 5.14 Å². The summed E-state index contributed by atoms with van der Waals surface area (Å²) in [6, 6.07) is 6.70. The number of benzene rings is 1. The molecule has 2 rings (SSSR count). The van der Waals surface area contributed by atoms with Crippen molar-refractivity contribution in [1.29, 1.82) is 0 Å². The first-order chi connectivity index (χ1) is 12.3. The molecule has 0 radical (unpaired) electrons. The van der Waals surface area contributed by atoms with E-state index < -0.39 is 20.8 Å². The van der Waals surface area contributed by atoms with Gasteiger partial charge >= 0.3 is 0 Å². The molecule has 0 spiro atoms. The monoisotopic (exact) mass is 400 g/mol. The first-order valence-corrected chi connectivity index (χ1v) is 11.7. The molecule has 4 N–H and O–H groups in total. The highest BCUT2D eigenvalue weighted by Gasteiger charge is 2.26. The van der Waals surface area contributed by atoms with Crippen LogP contribution in [0.1, 0.15) is 38.2 Å². The highest BCUT2D eigenvalue weighted by Crippen LogP contribution is 2.23. The Morgan fingerprint density at radius 1 is 1.31 bits per heavy atom. The summed E-state index contributed by atoms with van der Waals surface area (Å²) in [6.45, 7) is 2.48. The molecule has 0 amide bonds. The van der Waals surface area contributed by atoms with E-state index in [1.165, 1.54) is 12.1 Å². The summed E-state index contributed by atoms with van der Waals surface area (Å²) in [6.07, 6.45) is 4.03. The van der Waals surface area contributed by atoms with Crippen LogP contribution in [0.25, 0.3) is 0 Å². The first-order valence-electron chi connectivity index (χ1n) is 8.79. The third kappa shape index (κ3) is 6.07. The Kier molecular flexibility index (Phi) is 7.60. The quantitative estimate of drug-likeness (QED) is 0.488. The zero-order valence-electron chi connectivity index (χ0n) is 15.3. The van der Waals surface area contributed by atoms with Gasteiger partial charge < -0.3 is 10.6 Å². The zero-order chi connectivity index (χ0) is 19.2. The largest absolute Gasteiger partial charge is 0.354 e. The van der Waals surface area contributed by atoms with Crippen molar-refractivity contribution in [1.82, 2.24) is 10.6 Å². The maximum Gasteiger partial charge on any atom is 0.238 e. The maximum absolute atomic E-state index is 12.1. The molecule has 1 aliphatic carbocycles. The van der Waals surface area contributed by atoms with E-state index in [1.807, 2.05) is 6.92 Å². The van der Waals surface area contributed by atoms with Crippen LogP contribution in [0.4, 0.5) is 0 Å². The normalized spacial score (nSPS) is 22.7. The van der Waals surface area contributed by atoms with Gasteiger partial charge in [-0.05, 0) is 37.0 Å². The standard InChI is InChI=1S/C17H28N4O3S2/c1-3-25(22)15-6-4-5-14(11-15)21-17(19-2)20-12-13-7-9-16(10-8-13)26(18,23)24/h7-10,14-15H,3-6,11-12H2,1-2H3,(H2,18,23,24)(H2,19,20,21). The first kappa shape index (κ1) is 20.9. The minimum Gasteiger partial charge on any atom is -0.354 e. The molecule has 26 heavy (non-hydrogen) atoms.